The molecule has 1 heterocycles. The lowest BCUT2D eigenvalue weighted by atomic mass is 10.1. The number of hydrogen-bond donors (Lipinski definition) is 3. The Bertz CT molecular complexity index is 923. The summed E-state index contributed by atoms with van der Waals surface area (Å²) in [4.78, 5) is 27.5. The number of halogens is 1. The van der Waals surface area contributed by atoms with Gasteiger partial charge in [-0.25, -0.2) is 4.98 Å². The zero-order chi connectivity index (χ0) is 18.5. The van der Waals surface area contributed by atoms with Crippen molar-refractivity contribution in [2.24, 2.45) is 0 Å². The number of hydrogen-bond acceptors (Lipinski definition) is 5. The highest BCUT2D eigenvalue weighted by Gasteiger charge is 2.08. The predicted molar refractivity (Wildman–Crippen MR) is 104 cm³/mol. The third-order valence-electron chi connectivity index (χ3n) is 3.39. The largest absolute Gasteiger partial charge is 0.326 e. The fourth-order valence-electron chi connectivity index (χ4n) is 2.17. The summed E-state index contributed by atoms with van der Waals surface area (Å²) in [6.07, 6.45) is 0. The summed E-state index contributed by atoms with van der Waals surface area (Å²) in [6.45, 7) is 1.46. The van der Waals surface area contributed by atoms with Gasteiger partial charge < -0.3 is 5.32 Å². The second-order valence-corrected chi connectivity index (χ2v) is 6.68. The van der Waals surface area contributed by atoms with Gasteiger partial charge in [-0.05, 0) is 36.4 Å². The van der Waals surface area contributed by atoms with Crippen molar-refractivity contribution in [2.45, 2.75) is 6.92 Å². The summed E-state index contributed by atoms with van der Waals surface area (Å²) in [5, 5.41) is 5.73. The molecule has 0 aliphatic heterocycles. The molecule has 0 radical (unpaired) electrons. The van der Waals surface area contributed by atoms with E-state index in [1.807, 2.05) is 29.6 Å². The van der Waals surface area contributed by atoms with Crippen molar-refractivity contribution < 1.29 is 9.59 Å². The number of thiazole rings is 1. The molecule has 0 atom stereocenters. The molecule has 0 aliphatic rings. The Kier molecular flexibility index (Phi) is 5.50. The molecule has 0 aliphatic carbocycles. The van der Waals surface area contributed by atoms with Crippen molar-refractivity contribution in [3.8, 4) is 11.3 Å². The highest BCUT2D eigenvalue weighted by Crippen LogP contribution is 2.25. The van der Waals surface area contributed by atoms with E-state index >= 15 is 0 Å². The van der Waals surface area contributed by atoms with E-state index < -0.39 is 0 Å². The lowest BCUT2D eigenvalue weighted by molar-refractivity contribution is -0.114. The first-order valence-electron chi connectivity index (χ1n) is 7.67. The Morgan fingerprint density at radius 1 is 1.04 bits per heavy atom. The number of nitrogens with zero attached hydrogens (tertiary/aromatic N) is 1. The summed E-state index contributed by atoms with van der Waals surface area (Å²) >= 11 is 7.18. The van der Waals surface area contributed by atoms with Crippen molar-refractivity contribution in [2.75, 3.05) is 10.7 Å². The second-order valence-electron chi connectivity index (χ2n) is 5.38. The van der Waals surface area contributed by atoms with Gasteiger partial charge in [-0.3, -0.25) is 20.4 Å². The molecule has 0 unspecified atom stereocenters. The number of hydrazine groups is 1. The van der Waals surface area contributed by atoms with Crippen LogP contribution in [0.5, 0.6) is 0 Å². The fraction of sp³-hybridized carbons (Fsp3) is 0.0556. The molecule has 26 heavy (non-hydrogen) atoms. The van der Waals surface area contributed by atoms with Crippen molar-refractivity contribution in [3.05, 3.63) is 64.5 Å². The van der Waals surface area contributed by atoms with Gasteiger partial charge in [0.25, 0.3) is 5.91 Å². The topological polar surface area (TPSA) is 83.1 Å². The molecule has 2 aromatic carbocycles. The summed E-state index contributed by atoms with van der Waals surface area (Å²) in [7, 11) is 0. The monoisotopic (exact) mass is 386 g/mol. The van der Waals surface area contributed by atoms with Gasteiger partial charge in [0.05, 0.1) is 5.69 Å². The minimum absolute atomic E-state index is 0.116. The number of benzene rings is 2. The molecule has 2 amide bonds. The smallest absolute Gasteiger partial charge is 0.269 e. The number of carbonyl (C=O) groups excluding carboxylic acids is 2. The molecule has 3 rings (SSSR count). The Labute approximate surface area is 159 Å². The van der Waals surface area contributed by atoms with Crippen LogP contribution in [0.25, 0.3) is 11.3 Å². The predicted octanol–water partition coefficient (Wildman–Crippen LogP) is 4.18. The molecule has 0 saturated heterocycles. The molecule has 3 N–H and O–H groups in total. The van der Waals surface area contributed by atoms with Crippen molar-refractivity contribution in [3.63, 3.8) is 0 Å². The van der Waals surface area contributed by atoms with Gasteiger partial charge in [-0.2, -0.15) is 0 Å². The van der Waals surface area contributed by atoms with Crippen LogP contribution in [-0.2, 0) is 4.79 Å². The van der Waals surface area contributed by atoms with Gasteiger partial charge in [0, 0.05) is 34.1 Å². The molecule has 0 saturated carbocycles. The molecular formula is C18H15ClN4O2S. The third kappa shape index (κ3) is 4.59. The third-order valence-corrected chi connectivity index (χ3v) is 4.40. The van der Waals surface area contributed by atoms with E-state index in [4.69, 9.17) is 11.6 Å². The average molecular weight is 387 g/mol. The highest BCUT2D eigenvalue weighted by molar-refractivity contribution is 7.14. The van der Waals surface area contributed by atoms with Crippen molar-refractivity contribution in [1.82, 2.24) is 10.4 Å². The van der Waals surface area contributed by atoms with Crippen molar-refractivity contribution in [1.29, 1.82) is 0 Å². The van der Waals surface area contributed by atoms with E-state index in [9.17, 15) is 9.59 Å². The van der Waals surface area contributed by atoms with Gasteiger partial charge in [-0.1, -0.05) is 23.7 Å². The molecule has 1 aromatic heterocycles. The van der Waals surface area contributed by atoms with Crippen LogP contribution in [0.4, 0.5) is 10.8 Å². The van der Waals surface area contributed by atoms with Crippen LogP contribution >= 0.6 is 22.9 Å². The van der Waals surface area contributed by atoms with E-state index in [1.165, 1.54) is 18.3 Å². The van der Waals surface area contributed by atoms with Gasteiger partial charge in [0.2, 0.25) is 11.0 Å². The zero-order valence-electron chi connectivity index (χ0n) is 13.7. The van der Waals surface area contributed by atoms with Crippen LogP contribution in [-0.4, -0.2) is 16.8 Å². The van der Waals surface area contributed by atoms with E-state index in [1.54, 1.807) is 24.3 Å². The zero-order valence-corrected chi connectivity index (χ0v) is 15.3. The number of aromatic nitrogens is 1. The molecule has 0 spiro atoms. The molecular weight excluding hydrogens is 372 g/mol. The minimum Gasteiger partial charge on any atom is -0.326 e. The Hall–Kier alpha value is -2.90. The van der Waals surface area contributed by atoms with Gasteiger partial charge in [0.1, 0.15) is 0 Å². The first-order valence-corrected chi connectivity index (χ1v) is 8.92. The van der Waals surface area contributed by atoms with E-state index in [0.717, 1.165) is 16.9 Å². The van der Waals surface area contributed by atoms with Crippen LogP contribution in [0.1, 0.15) is 17.3 Å². The number of anilines is 2. The lowest BCUT2D eigenvalue weighted by Gasteiger charge is -2.05. The number of amides is 2. The molecule has 132 valence electrons. The first-order chi connectivity index (χ1) is 12.5. The number of rotatable bonds is 5. The fourth-order valence-corrected chi connectivity index (χ4v) is 2.97. The second kappa shape index (κ2) is 7.99. The molecule has 0 fully saturated rings. The Morgan fingerprint density at radius 2 is 1.73 bits per heavy atom. The highest BCUT2D eigenvalue weighted by atomic mass is 35.5. The lowest BCUT2D eigenvalue weighted by Crippen LogP contribution is -2.29. The van der Waals surface area contributed by atoms with Crippen LogP contribution in [0, 0.1) is 0 Å². The quantitative estimate of drug-likeness (QED) is 0.574. The van der Waals surface area contributed by atoms with Crippen LogP contribution in [0.3, 0.4) is 0 Å². The maximum Gasteiger partial charge on any atom is 0.269 e. The maximum absolute atomic E-state index is 12.1. The summed E-state index contributed by atoms with van der Waals surface area (Å²) < 4.78 is 0. The molecule has 8 heteroatoms. The summed E-state index contributed by atoms with van der Waals surface area (Å²) in [5.41, 5.74) is 8.30. The number of nitrogens with one attached hydrogen (secondary N) is 3. The standard InChI is InChI=1S/C18H15ClN4O2S/c1-11(24)20-15-8-4-12(5-9-15)16-10-26-18(21-16)23-22-17(25)13-2-6-14(19)7-3-13/h2-10H,1H3,(H,20,24)(H,21,23)(H,22,25). The van der Waals surface area contributed by atoms with Crippen molar-refractivity contribution >= 4 is 45.6 Å². The Morgan fingerprint density at radius 3 is 2.38 bits per heavy atom. The molecule has 0 bridgehead atoms. The molecule has 6 nitrogen and oxygen atoms in total. The maximum atomic E-state index is 12.1. The Balaban J connectivity index is 1.61. The van der Waals surface area contributed by atoms with Crippen LogP contribution in [0.15, 0.2) is 53.9 Å². The van der Waals surface area contributed by atoms with E-state index in [0.29, 0.717) is 15.7 Å². The van der Waals surface area contributed by atoms with Gasteiger partial charge >= 0.3 is 0 Å². The number of carbonyl (C=O) groups is 2. The summed E-state index contributed by atoms with van der Waals surface area (Å²) in [5.74, 6) is -0.396. The molecule has 3 aromatic rings. The van der Waals surface area contributed by atoms with E-state index in [-0.39, 0.29) is 11.8 Å². The average Bonchev–Trinajstić information content (AvgIpc) is 3.09. The van der Waals surface area contributed by atoms with E-state index in [2.05, 4.69) is 21.2 Å². The normalized spacial score (nSPS) is 10.2. The van der Waals surface area contributed by atoms with Crippen LogP contribution in [0.2, 0.25) is 5.02 Å². The first kappa shape index (κ1) is 17.9. The minimum atomic E-state index is -0.280. The SMILES string of the molecule is CC(=O)Nc1ccc(-c2csc(NNC(=O)c3ccc(Cl)cc3)n2)cc1. The summed E-state index contributed by atoms with van der Waals surface area (Å²) in [6, 6.07) is 14.0. The van der Waals surface area contributed by atoms with Gasteiger partial charge in [0.15, 0.2) is 0 Å². The van der Waals surface area contributed by atoms with Crippen LogP contribution < -0.4 is 16.2 Å². The van der Waals surface area contributed by atoms with Gasteiger partial charge in [-0.15, -0.1) is 11.3 Å².